The van der Waals surface area contributed by atoms with Gasteiger partial charge in [0.2, 0.25) is 5.91 Å². The first-order valence-electron chi connectivity index (χ1n) is 8.65. The van der Waals surface area contributed by atoms with Crippen molar-refractivity contribution in [1.29, 1.82) is 0 Å². The number of carbonyl (C=O) groups is 1. The minimum absolute atomic E-state index is 0. The molecule has 1 aliphatic heterocycles. The Labute approximate surface area is 163 Å². The Morgan fingerprint density at radius 2 is 2.04 bits per heavy atom. The van der Waals surface area contributed by atoms with Crippen molar-refractivity contribution in [1.82, 2.24) is 10.6 Å². The first kappa shape index (κ1) is 21.1. The second-order valence-corrected chi connectivity index (χ2v) is 6.48. The van der Waals surface area contributed by atoms with E-state index in [0.29, 0.717) is 17.9 Å². The number of halogens is 3. The Kier molecular flexibility index (Phi) is 7.56. The molecule has 0 bridgehead atoms. The number of carbonyl (C=O) groups excluding carboxylic acids is 1. The lowest BCUT2D eigenvalue weighted by Gasteiger charge is -2.33. The van der Waals surface area contributed by atoms with E-state index < -0.39 is 11.6 Å². The molecule has 146 valence electrons. The molecule has 4 nitrogen and oxygen atoms in total. The average Bonchev–Trinajstić information content (AvgIpc) is 2.64. The van der Waals surface area contributed by atoms with Crippen LogP contribution >= 0.6 is 12.4 Å². The Hall–Kier alpha value is -2.18. The Morgan fingerprint density at radius 3 is 2.78 bits per heavy atom. The van der Waals surface area contributed by atoms with Crippen molar-refractivity contribution >= 4 is 18.3 Å². The number of hydrogen-bond donors (Lipinski definition) is 2. The quantitative estimate of drug-likeness (QED) is 0.816. The third kappa shape index (κ3) is 5.40. The summed E-state index contributed by atoms with van der Waals surface area (Å²) >= 11 is 0. The van der Waals surface area contributed by atoms with Gasteiger partial charge in [-0.25, -0.2) is 8.78 Å². The van der Waals surface area contributed by atoms with E-state index >= 15 is 0 Å². The first-order chi connectivity index (χ1) is 12.6. The third-order valence-corrected chi connectivity index (χ3v) is 4.70. The summed E-state index contributed by atoms with van der Waals surface area (Å²) in [5.74, 6) is -1.18. The van der Waals surface area contributed by atoms with Gasteiger partial charge in [-0.1, -0.05) is 18.2 Å². The molecule has 0 saturated carbocycles. The van der Waals surface area contributed by atoms with E-state index in [0.717, 1.165) is 24.6 Å². The van der Waals surface area contributed by atoms with Gasteiger partial charge in [0.05, 0.1) is 13.5 Å². The molecule has 0 radical (unpaired) electrons. The predicted molar refractivity (Wildman–Crippen MR) is 102 cm³/mol. The molecule has 2 unspecified atom stereocenters. The van der Waals surface area contributed by atoms with Gasteiger partial charge >= 0.3 is 0 Å². The summed E-state index contributed by atoms with van der Waals surface area (Å²) in [5.41, 5.74) is 1.56. The fourth-order valence-electron chi connectivity index (χ4n) is 3.38. The average molecular weight is 397 g/mol. The second-order valence-electron chi connectivity index (χ2n) is 6.48. The van der Waals surface area contributed by atoms with E-state index in [9.17, 15) is 13.6 Å². The molecule has 3 rings (SSSR count). The maximum atomic E-state index is 13.6. The molecule has 2 aromatic carbocycles. The van der Waals surface area contributed by atoms with Gasteiger partial charge in [-0.3, -0.25) is 4.79 Å². The minimum atomic E-state index is -0.860. The molecule has 0 aromatic heterocycles. The van der Waals surface area contributed by atoms with E-state index in [-0.39, 0.29) is 36.7 Å². The second kappa shape index (κ2) is 9.67. The smallest absolute Gasteiger partial charge is 0.224 e. The highest BCUT2D eigenvalue weighted by Crippen LogP contribution is 2.27. The van der Waals surface area contributed by atoms with Crippen molar-refractivity contribution < 1.29 is 18.3 Å². The van der Waals surface area contributed by atoms with Gasteiger partial charge in [-0.15, -0.1) is 12.4 Å². The van der Waals surface area contributed by atoms with Gasteiger partial charge in [0.1, 0.15) is 5.75 Å². The minimum Gasteiger partial charge on any atom is -0.497 e. The molecular formula is C20H23ClF2N2O2. The molecule has 0 spiro atoms. The molecule has 1 amide bonds. The van der Waals surface area contributed by atoms with Gasteiger partial charge in [-0.2, -0.15) is 0 Å². The van der Waals surface area contributed by atoms with Crippen LogP contribution in [0.3, 0.4) is 0 Å². The van der Waals surface area contributed by atoms with Crippen molar-refractivity contribution in [2.24, 2.45) is 0 Å². The van der Waals surface area contributed by atoms with Gasteiger partial charge in [0.25, 0.3) is 0 Å². The lowest BCUT2D eigenvalue weighted by Crippen LogP contribution is -2.50. The van der Waals surface area contributed by atoms with Gasteiger partial charge in [0.15, 0.2) is 11.6 Å². The number of ether oxygens (including phenoxy) is 1. The normalized spacial score (nSPS) is 19.1. The SMILES string of the molecule is COc1cccc(CC(=O)NC2CNCCC2c2ccc(F)c(F)c2)c1.Cl. The van der Waals surface area contributed by atoms with Crippen LogP contribution in [-0.2, 0) is 11.2 Å². The van der Waals surface area contributed by atoms with E-state index in [2.05, 4.69) is 10.6 Å². The zero-order valence-corrected chi connectivity index (χ0v) is 15.8. The molecule has 7 heteroatoms. The van der Waals surface area contributed by atoms with Crippen LogP contribution in [0.5, 0.6) is 5.75 Å². The molecule has 1 heterocycles. The summed E-state index contributed by atoms with van der Waals surface area (Å²) in [6.07, 6.45) is 0.980. The van der Waals surface area contributed by atoms with Crippen molar-refractivity contribution in [3.05, 3.63) is 65.2 Å². The third-order valence-electron chi connectivity index (χ3n) is 4.70. The van der Waals surface area contributed by atoms with Crippen LogP contribution in [0.1, 0.15) is 23.5 Å². The van der Waals surface area contributed by atoms with Crippen LogP contribution < -0.4 is 15.4 Å². The van der Waals surface area contributed by atoms with Crippen molar-refractivity contribution in [3.8, 4) is 5.75 Å². The summed E-state index contributed by atoms with van der Waals surface area (Å²) in [6.45, 7) is 1.36. The zero-order chi connectivity index (χ0) is 18.5. The van der Waals surface area contributed by atoms with Gasteiger partial charge < -0.3 is 15.4 Å². The van der Waals surface area contributed by atoms with Crippen LogP contribution in [0, 0.1) is 11.6 Å². The van der Waals surface area contributed by atoms with Gasteiger partial charge in [-0.05, 0) is 48.4 Å². The number of nitrogens with one attached hydrogen (secondary N) is 2. The Bertz CT molecular complexity index is 788. The highest BCUT2D eigenvalue weighted by Gasteiger charge is 2.28. The van der Waals surface area contributed by atoms with E-state index in [1.807, 2.05) is 24.3 Å². The molecule has 27 heavy (non-hydrogen) atoms. The first-order valence-corrected chi connectivity index (χ1v) is 8.65. The molecule has 2 aromatic rings. The number of methoxy groups -OCH3 is 1. The van der Waals surface area contributed by atoms with Crippen LogP contribution in [0.2, 0.25) is 0 Å². The molecule has 1 fully saturated rings. The molecule has 2 N–H and O–H groups in total. The maximum absolute atomic E-state index is 13.6. The molecule has 2 atom stereocenters. The largest absolute Gasteiger partial charge is 0.497 e. The lowest BCUT2D eigenvalue weighted by atomic mass is 9.86. The van der Waals surface area contributed by atoms with Crippen LogP contribution in [0.4, 0.5) is 8.78 Å². The van der Waals surface area contributed by atoms with Crippen molar-refractivity contribution in [3.63, 3.8) is 0 Å². The Balaban J connectivity index is 0.00000261. The van der Waals surface area contributed by atoms with Crippen LogP contribution in [0.25, 0.3) is 0 Å². The molecule has 0 aliphatic carbocycles. The summed E-state index contributed by atoms with van der Waals surface area (Å²) in [7, 11) is 1.58. The summed E-state index contributed by atoms with van der Waals surface area (Å²) < 4.78 is 32.0. The lowest BCUT2D eigenvalue weighted by molar-refractivity contribution is -0.121. The van der Waals surface area contributed by atoms with Crippen molar-refractivity contribution in [2.45, 2.75) is 24.8 Å². The predicted octanol–water partition coefficient (Wildman–Crippen LogP) is 3.20. The fourth-order valence-corrected chi connectivity index (χ4v) is 3.38. The standard InChI is InChI=1S/C20H22F2N2O2.ClH/c1-26-15-4-2-3-13(9-15)10-20(25)24-19-12-23-8-7-16(19)14-5-6-17(21)18(22)11-14;/h2-6,9,11,16,19,23H,7-8,10,12H2,1H3,(H,24,25);1H. The van der Waals surface area contributed by atoms with Gasteiger partial charge in [0, 0.05) is 18.5 Å². The molecular weight excluding hydrogens is 374 g/mol. The zero-order valence-electron chi connectivity index (χ0n) is 15.0. The monoisotopic (exact) mass is 396 g/mol. The number of rotatable bonds is 5. The fraction of sp³-hybridized carbons (Fsp3) is 0.350. The number of amides is 1. The summed E-state index contributed by atoms with van der Waals surface area (Å²) in [5, 5.41) is 6.27. The Morgan fingerprint density at radius 1 is 1.22 bits per heavy atom. The number of benzene rings is 2. The number of hydrogen-bond acceptors (Lipinski definition) is 3. The van der Waals surface area contributed by atoms with E-state index in [4.69, 9.17) is 4.74 Å². The maximum Gasteiger partial charge on any atom is 0.224 e. The molecule has 1 aliphatic rings. The number of piperidine rings is 1. The van der Waals surface area contributed by atoms with E-state index in [1.165, 1.54) is 6.07 Å². The topological polar surface area (TPSA) is 50.4 Å². The van der Waals surface area contributed by atoms with Crippen LogP contribution in [-0.4, -0.2) is 32.1 Å². The van der Waals surface area contributed by atoms with E-state index in [1.54, 1.807) is 13.2 Å². The molecule has 1 saturated heterocycles. The highest BCUT2D eigenvalue weighted by atomic mass is 35.5. The van der Waals surface area contributed by atoms with Crippen LogP contribution in [0.15, 0.2) is 42.5 Å². The summed E-state index contributed by atoms with van der Waals surface area (Å²) in [6, 6.07) is 11.1. The van der Waals surface area contributed by atoms with Crippen molar-refractivity contribution in [2.75, 3.05) is 20.2 Å². The highest BCUT2D eigenvalue weighted by molar-refractivity contribution is 5.85. The summed E-state index contributed by atoms with van der Waals surface area (Å²) in [4.78, 5) is 12.5.